The first-order valence-electron chi connectivity index (χ1n) is 11.4. The Morgan fingerprint density at radius 3 is 1.39 bits per heavy atom. The summed E-state index contributed by atoms with van der Waals surface area (Å²) in [6.45, 7) is 0. The third kappa shape index (κ3) is 6.99. The quantitative estimate of drug-likeness (QED) is 0.161. The van der Waals surface area contributed by atoms with Crippen molar-refractivity contribution in [3.05, 3.63) is 72.3 Å². The molecule has 194 valence electrons. The Morgan fingerprint density at radius 2 is 1.05 bits per heavy atom. The van der Waals surface area contributed by atoms with Crippen LogP contribution < -0.4 is 11.5 Å². The van der Waals surface area contributed by atoms with Gasteiger partial charge in [-0.25, -0.2) is 9.97 Å². The summed E-state index contributed by atoms with van der Waals surface area (Å²) in [4.78, 5) is 35.7. The summed E-state index contributed by atoms with van der Waals surface area (Å²) in [5, 5.41) is 34.1. The van der Waals surface area contributed by atoms with Crippen molar-refractivity contribution in [3.8, 4) is 11.1 Å². The maximum Gasteiger partial charge on any atom is 0.320 e. The zero-order chi connectivity index (χ0) is 27.1. The lowest BCUT2D eigenvalue weighted by Gasteiger charge is -2.02. The highest BCUT2D eigenvalue weighted by Gasteiger charge is 2.15. The molecular weight excluding hydrogens is 492 g/mol. The Balaban J connectivity index is 1.34. The highest BCUT2D eigenvalue weighted by molar-refractivity contribution is 5.73. The Bertz CT molecular complexity index is 1350. The number of H-pyrrole nitrogens is 2. The minimum Gasteiger partial charge on any atom is -0.480 e. The van der Waals surface area contributed by atoms with Crippen LogP contribution in [0.3, 0.4) is 0 Å². The van der Waals surface area contributed by atoms with E-state index in [1.54, 1.807) is 36.7 Å². The van der Waals surface area contributed by atoms with Crippen LogP contribution in [0.2, 0.25) is 0 Å². The Hall–Kier alpha value is -5.08. The number of aromatic amines is 2. The molecule has 0 aliphatic rings. The normalized spacial score (nSPS) is 13.2. The van der Waals surface area contributed by atoms with Gasteiger partial charge in [0.05, 0.1) is 22.8 Å². The summed E-state index contributed by atoms with van der Waals surface area (Å²) >= 11 is 0. The molecule has 2 aromatic carbocycles. The molecule has 2 atom stereocenters. The van der Waals surface area contributed by atoms with E-state index in [1.165, 1.54) is 0 Å². The van der Waals surface area contributed by atoms with Crippen LogP contribution in [-0.2, 0) is 22.4 Å². The fraction of sp³-hybridized carbons (Fsp3) is 0.167. The number of nitrogens with zero attached hydrogens (tertiary/aromatic N) is 6. The number of carboxylic acids is 2. The predicted molar refractivity (Wildman–Crippen MR) is 136 cm³/mol. The van der Waals surface area contributed by atoms with Gasteiger partial charge < -0.3 is 31.6 Å². The molecule has 0 bridgehead atoms. The van der Waals surface area contributed by atoms with E-state index in [9.17, 15) is 9.59 Å². The Morgan fingerprint density at radius 1 is 0.684 bits per heavy atom. The van der Waals surface area contributed by atoms with Gasteiger partial charge in [-0.3, -0.25) is 9.59 Å². The second-order valence-electron chi connectivity index (χ2n) is 8.22. The van der Waals surface area contributed by atoms with Crippen LogP contribution in [0.4, 0.5) is 23.3 Å². The molecule has 0 saturated carbocycles. The van der Waals surface area contributed by atoms with Crippen LogP contribution >= 0.6 is 0 Å². The number of azo groups is 2. The smallest absolute Gasteiger partial charge is 0.320 e. The average Bonchev–Trinajstić information content (AvgIpc) is 3.56. The van der Waals surface area contributed by atoms with Crippen molar-refractivity contribution >= 4 is 35.2 Å². The summed E-state index contributed by atoms with van der Waals surface area (Å²) in [5.74, 6) is -1.69. The zero-order valence-corrected chi connectivity index (χ0v) is 19.9. The first kappa shape index (κ1) is 26.0. The lowest BCUT2D eigenvalue weighted by Crippen LogP contribution is -2.32. The number of carbonyl (C=O) groups is 2. The molecule has 0 fully saturated rings. The van der Waals surface area contributed by atoms with Crippen molar-refractivity contribution < 1.29 is 19.8 Å². The van der Waals surface area contributed by atoms with Gasteiger partial charge >= 0.3 is 11.9 Å². The molecule has 0 radical (unpaired) electrons. The molecule has 4 rings (SSSR count). The van der Waals surface area contributed by atoms with Gasteiger partial charge in [-0.1, -0.05) is 24.3 Å². The van der Waals surface area contributed by atoms with Gasteiger partial charge in [-0.2, -0.15) is 0 Å². The molecule has 14 heteroatoms. The van der Waals surface area contributed by atoms with Crippen molar-refractivity contribution in [3.63, 3.8) is 0 Å². The van der Waals surface area contributed by atoms with E-state index >= 15 is 0 Å². The zero-order valence-electron chi connectivity index (χ0n) is 19.9. The highest BCUT2D eigenvalue weighted by Crippen LogP contribution is 2.26. The van der Waals surface area contributed by atoms with E-state index in [0.717, 1.165) is 11.1 Å². The van der Waals surface area contributed by atoms with Gasteiger partial charge in [0, 0.05) is 25.2 Å². The van der Waals surface area contributed by atoms with E-state index in [2.05, 4.69) is 40.4 Å². The number of aromatic nitrogens is 4. The maximum absolute atomic E-state index is 10.9. The topological polar surface area (TPSA) is 233 Å². The number of benzene rings is 2. The maximum atomic E-state index is 10.9. The third-order valence-electron chi connectivity index (χ3n) is 5.32. The summed E-state index contributed by atoms with van der Waals surface area (Å²) in [7, 11) is 0. The molecule has 2 aromatic heterocycles. The van der Waals surface area contributed by atoms with E-state index in [-0.39, 0.29) is 24.7 Å². The monoisotopic (exact) mass is 516 g/mol. The average molecular weight is 517 g/mol. The van der Waals surface area contributed by atoms with Gasteiger partial charge in [0.15, 0.2) is 0 Å². The van der Waals surface area contributed by atoms with E-state index in [0.29, 0.717) is 22.8 Å². The summed E-state index contributed by atoms with van der Waals surface area (Å²) in [6.07, 6.45) is 3.27. The van der Waals surface area contributed by atoms with Crippen molar-refractivity contribution in [1.82, 2.24) is 19.9 Å². The number of rotatable bonds is 11. The van der Waals surface area contributed by atoms with Crippen molar-refractivity contribution in [2.24, 2.45) is 31.9 Å². The van der Waals surface area contributed by atoms with Gasteiger partial charge in [-0.05, 0) is 35.4 Å². The first-order valence-corrected chi connectivity index (χ1v) is 11.4. The first-order chi connectivity index (χ1) is 18.3. The van der Waals surface area contributed by atoms with Crippen LogP contribution in [0.1, 0.15) is 11.4 Å². The van der Waals surface area contributed by atoms with Gasteiger partial charge in [0.1, 0.15) is 12.1 Å². The molecule has 4 aromatic rings. The van der Waals surface area contributed by atoms with Crippen LogP contribution in [-0.4, -0.2) is 54.2 Å². The molecule has 2 unspecified atom stereocenters. The second-order valence-corrected chi connectivity index (χ2v) is 8.22. The lowest BCUT2D eigenvalue weighted by molar-refractivity contribution is -0.139. The van der Waals surface area contributed by atoms with Gasteiger partial charge in [-0.15, -0.1) is 20.5 Å². The van der Waals surface area contributed by atoms with Crippen molar-refractivity contribution in [2.45, 2.75) is 24.9 Å². The summed E-state index contributed by atoms with van der Waals surface area (Å²) in [6, 6.07) is 12.8. The lowest BCUT2D eigenvalue weighted by atomic mass is 10.1. The van der Waals surface area contributed by atoms with Crippen LogP contribution in [0.15, 0.2) is 81.4 Å². The molecule has 0 saturated heterocycles. The SMILES string of the molecule is NC(Cc1c[nH]c(/N=N/c2ccc(-c3ccc(/N=N/c4nc(CC(N)C(=O)O)c[nH]4)cc3)cc2)n1)C(=O)O. The van der Waals surface area contributed by atoms with E-state index in [4.69, 9.17) is 21.7 Å². The number of hydrogen-bond acceptors (Lipinski definition) is 10. The molecule has 14 nitrogen and oxygen atoms in total. The number of imidazole rings is 2. The number of carboxylic acid groups (broad SMARTS) is 2. The second kappa shape index (κ2) is 11.8. The summed E-state index contributed by atoms with van der Waals surface area (Å²) in [5.41, 5.74) is 15.1. The van der Waals surface area contributed by atoms with Crippen LogP contribution in [0.25, 0.3) is 11.1 Å². The van der Waals surface area contributed by atoms with E-state index < -0.39 is 24.0 Å². The standard InChI is InChI=1S/C24H24N10O4/c25-19(21(35)36)9-17-11-27-23(29-17)33-31-15-5-1-13(2-6-15)14-3-7-16(8-4-14)32-34-24-28-12-18(30-24)10-20(26)22(37)38/h1-8,11-12,19-20H,9-10,25-26H2,(H,27,29)(H,28,30)(H,35,36)(H,37,38)/b33-31+,34-32+. The molecule has 0 aliphatic carbocycles. The predicted octanol–water partition coefficient (Wildman–Crippen LogP) is 3.54. The Labute approximate surface area is 215 Å². The van der Waals surface area contributed by atoms with Crippen molar-refractivity contribution in [1.29, 1.82) is 0 Å². The minimum atomic E-state index is -1.10. The Kier molecular flexibility index (Phi) is 8.05. The minimum absolute atomic E-state index is 0.0871. The number of nitrogens with one attached hydrogen (secondary N) is 2. The van der Waals surface area contributed by atoms with Crippen molar-refractivity contribution in [2.75, 3.05) is 0 Å². The fourth-order valence-corrected chi connectivity index (χ4v) is 3.28. The third-order valence-corrected chi connectivity index (χ3v) is 5.32. The molecule has 8 N–H and O–H groups in total. The number of hydrogen-bond donors (Lipinski definition) is 6. The van der Waals surface area contributed by atoms with Crippen LogP contribution in [0.5, 0.6) is 0 Å². The van der Waals surface area contributed by atoms with E-state index in [1.807, 2.05) is 24.3 Å². The fourth-order valence-electron chi connectivity index (χ4n) is 3.28. The molecule has 0 amide bonds. The number of nitrogens with two attached hydrogens (primary N) is 2. The van der Waals surface area contributed by atoms with Gasteiger partial charge in [0.25, 0.3) is 0 Å². The molecule has 38 heavy (non-hydrogen) atoms. The summed E-state index contributed by atoms with van der Waals surface area (Å²) < 4.78 is 0. The molecular formula is C24H24N10O4. The number of aliphatic carboxylic acids is 2. The van der Waals surface area contributed by atoms with Crippen LogP contribution in [0, 0.1) is 0 Å². The largest absolute Gasteiger partial charge is 0.480 e. The highest BCUT2D eigenvalue weighted by atomic mass is 16.4. The molecule has 0 aliphatic heterocycles. The van der Waals surface area contributed by atoms with Gasteiger partial charge in [0.2, 0.25) is 11.9 Å². The molecule has 0 spiro atoms. The molecule has 2 heterocycles.